The van der Waals surface area contributed by atoms with Gasteiger partial charge in [0.1, 0.15) is 0 Å². The predicted octanol–water partition coefficient (Wildman–Crippen LogP) is 6.12. The van der Waals surface area contributed by atoms with Crippen LogP contribution in [0.15, 0.2) is 66.7 Å². The van der Waals surface area contributed by atoms with Gasteiger partial charge in [-0.15, -0.1) is 29.6 Å². The zero-order valence-corrected chi connectivity index (χ0v) is 30.5. The second-order valence-corrected chi connectivity index (χ2v) is 15.3. The van der Waals surface area contributed by atoms with Crippen molar-refractivity contribution < 1.29 is 37.4 Å². The molecule has 5 rings (SSSR count). The first-order valence-electron chi connectivity index (χ1n) is 13.7. The van der Waals surface area contributed by atoms with Crippen molar-refractivity contribution in [3.63, 3.8) is 0 Å². The van der Waals surface area contributed by atoms with Gasteiger partial charge in [-0.1, -0.05) is 24.3 Å². The summed E-state index contributed by atoms with van der Waals surface area (Å²) in [6.07, 6.45) is 0. The van der Waals surface area contributed by atoms with Crippen LogP contribution in [0, 0.1) is 26.8 Å². The maximum absolute atomic E-state index is 9.67. The summed E-state index contributed by atoms with van der Waals surface area (Å²) in [6, 6.07) is 26.7. The van der Waals surface area contributed by atoms with Gasteiger partial charge in [0.25, 0.3) is 0 Å². The van der Waals surface area contributed by atoms with Crippen LogP contribution in [0.3, 0.4) is 0 Å². The van der Waals surface area contributed by atoms with Crippen LogP contribution in [-0.4, -0.2) is 38.6 Å². The number of rotatable bonds is 5. The number of halogens is 4. The van der Waals surface area contributed by atoms with Gasteiger partial charge in [-0.2, -0.15) is 19.4 Å². The third-order valence-corrected chi connectivity index (χ3v) is 10.9. The molecule has 0 atom stereocenters. The molecule has 0 amide bonds. The first-order chi connectivity index (χ1) is 18.9. The monoisotopic (exact) mass is 796 g/mol. The van der Waals surface area contributed by atoms with Crippen molar-refractivity contribution in [1.82, 2.24) is 0 Å². The average molecular weight is 795 g/mol. The van der Waals surface area contributed by atoms with E-state index < -0.39 is 7.54 Å². The molecule has 11 heteroatoms. The fourth-order valence-electron chi connectivity index (χ4n) is 5.64. The van der Waals surface area contributed by atoms with E-state index >= 15 is 0 Å². The van der Waals surface area contributed by atoms with Gasteiger partial charge >= 0.3 is 27.3 Å². The molecule has 2 aliphatic rings. The Hall–Kier alpha value is -2.29. The van der Waals surface area contributed by atoms with Gasteiger partial charge in [0.05, 0.1) is 17.0 Å². The Kier molecular flexibility index (Phi) is 17.5. The van der Waals surface area contributed by atoms with E-state index in [1.54, 1.807) is 0 Å². The van der Waals surface area contributed by atoms with Crippen molar-refractivity contribution >= 4 is 49.6 Å². The van der Waals surface area contributed by atoms with E-state index in [4.69, 9.17) is 0 Å². The molecule has 43 heavy (non-hydrogen) atoms. The number of benzene rings is 3. The molecule has 4 nitrogen and oxygen atoms in total. The summed E-state index contributed by atoms with van der Waals surface area (Å²) in [4.78, 5) is 8.65. The Bertz CT molecular complexity index is 1140. The van der Waals surface area contributed by atoms with E-state index in [1.165, 1.54) is 22.7 Å². The van der Waals surface area contributed by atoms with Gasteiger partial charge in [-0.3, -0.25) is 12.9 Å². The number of nitrogens with zero attached hydrogens (tertiary/aromatic N) is 4. The van der Waals surface area contributed by atoms with Gasteiger partial charge in [-0.05, 0) is 79.9 Å². The number of hydrogen-bond donors (Lipinski definition) is 0. The molecular weight excluding hydrogens is 748 g/mol. The summed E-state index contributed by atoms with van der Waals surface area (Å²) in [6.45, 7) is 18.4. The van der Waals surface area contributed by atoms with Crippen molar-refractivity contribution in [2.45, 2.75) is 58.5 Å². The summed E-state index contributed by atoms with van der Waals surface area (Å²) < 4.78 is 29.0. The van der Waals surface area contributed by atoms with Crippen LogP contribution in [0.1, 0.15) is 41.5 Å². The fraction of sp³-hybridized carbons (Fsp3) is 0.344. The summed E-state index contributed by atoms with van der Waals surface area (Å²) in [5.41, 5.74) is 9.60. The van der Waals surface area contributed by atoms with Gasteiger partial charge in [0, 0.05) is 30.7 Å². The molecule has 0 saturated carbocycles. The Morgan fingerprint density at radius 2 is 0.930 bits per heavy atom. The Morgan fingerprint density at radius 1 is 0.628 bits per heavy atom. The number of anilines is 6. The SMILES string of the molecule is CC(C)[PH+](C(C)C)C(C)C.CN1[CH-]N(c2[c-]c(N3[CH-]N(C)c4ccccc43)ccc2)c2ccccc21.FB(F)F.[CH3-].[F-].[OsH2]. The van der Waals surface area contributed by atoms with Crippen molar-refractivity contribution in [2.75, 3.05) is 33.7 Å². The maximum atomic E-state index is 9.67. The van der Waals surface area contributed by atoms with Gasteiger partial charge in [0.2, 0.25) is 0 Å². The third-order valence-electron chi connectivity index (χ3n) is 6.90. The molecule has 3 aromatic rings. The van der Waals surface area contributed by atoms with Crippen LogP contribution in [-0.2, 0) is 19.8 Å². The van der Waals surface area contributed by atoms with Gasteiger partial charge in [0.15, 0.2) is 0 Å². The van der Waals surface area contributed by atoms with E-state index in [0.717, 1.165) is 28.4 Å². The number of fused-ring (bicyclic) bond motifs is 2. The molecule has 3 aromatic carbocycles. The summed E-state index contributed by atoms with van der Waals surface area (Å²) >= 11 is 0. The van der Waals surface area contributed by atoms with Crippen molar-refractivity contribution in [2.24, 2.45) is 0 Å². The molecule has 0 N–H and O–H groups in total. The van der Waals surface area contributed by atoms with E-state index in [2.05, 4.69) is 161 Å². The zero-order chi connectivity index (χ0) is 29.6. The van der Waals surface area contributed by atoms with Crippen molar-refractivity contribution in [3.8, 4) is 0 Å². The number of para-hydroxylation sites is 4. The summed E-state index contributed by atoms with van der Waals surface area (Å²) in [7, 11) is 0.381. The van der Waals surface area contributed by atoms with E-state index in [1.807, 2.05) is 0 Å². The first kappa shape index (κ1) is 40.7. The van der Waals surface area contributed by atoms with Crippen LogP contribution >= 0.6 is 7.92 Å². The second-order valence-electron chi connectivity index (χ2n) is 10.8. The molecular formula is C32H46BF4N4OsP-4. The van der Waals surface area contributed by atoms with Crippen LogP contribution in [0.2, 0.25) is 0 Å². The molecule has 242 valence electrons. The molecule has 0 spiro atoms. The van der Waals surface area contributed by atoms with Crippen molar-refractivity contribution in [1.29, 1.82) is 0 Å². The fourth-order valence-corrected chi connectivity index (χ4v) is 9.64. The Balaban J connectivity index is 0.000000888. The third kappa shape index (κ3) is 10.4. The molecule has 0 radical (unpaired) electrons. The zero-order valence-electron chi connectivity index (χ0n) is 26.5. The predicted molar refractivity (Wildman–Crippen MR) is 180 cm³/mol. The van der Waals surface area contributed by atoms with Crippen LogP contribution in [0.5, 0.6) is 0 Å². The Morgan fingerprint density at radius 3 is 1.21 bits per heavy atom. The topological polar surface area (TPSA) is 13.0 Å². The summed E-state index contributed by atoms with van der Waals surface area (Å²) in [5.74, 6) is 0. The summed E-state index contributed by atoms with van der Waals surface area (Å²) in [5, 5.41) is 0. The van der Waals surface area contributed by atoms with Crippen LogP contribution in [0.4, 0.5) is 47.1 Å². The van der Waals surface area contributed by atoms with Crippen LogP contribution in [0.25, 0.3) is 0 Å². The Labute approximate surface area is 272 Å². The molecule has 0 fully saturated rings. The van der Waals surface area contributed by atoms with Crippen LogP contribution < -0.4 is 24.3 Å². The van der Waals surface area contributed by atoms with E-state index in [0.29, 0.717) is 0 Å². The molecule has 0 bridgehead atoms. The van der Waals surface area contributed by atoms with Gasteiger partial charge < -0.3 is 31.7 Å². The molecule has 2 aliphatic heterocycles. The van der Waals surface area contributed by atoms with Gasteiger partial charge in [-0.25, -0.2) is 0 Å². The molecule has 2 heterocycles. The normalized spacial score (nSPS) is 12.9. The average Bonchev–Trinajstić information content (AvgIpc) is 3.41. The molecule has 0 aromatic heterocycles. The minimum atomic E-state index is -3.67. The number of hydrogen-bond acceptors (Lipinski definition) is 4. The molecule has 0 saturated heterocycles. The molecule has 0 aliphatic carbocycles. The molecule has 0 unspecified atom stereocenters. The first-order valence-corrected chi connectivity index (χ1v) is 15.4. The van der Waals surface area contributed by atoms with Crippen molar-refractivity contribution in [3.05, 3.63) is 93.6 Å². The second kappa shape index (κ2) is 18.5. The standard InChI is InChI=1S/C22H19N4.C9H21P.CH3.BF3.FH.Os.2H/c1-23-15-25(21-12-5-3-10-19(21)23)17-8-7-9-18(14-17)26-16-24(2)20-11-4-6-13-22(20)26;1-7(2)10(8(3)4)9(5)6;;2-1(3)4;;;;/h3-13,15-16H,1-2H3;7-9H,1-6H3;1H3;;1H;;;/q-3;;-1;;;;;. The van der Waals surface area contributed by atoms with E-state index in [9.17, 15) is 12.9 Å². The van der Waals surface area contributed by atoms with E-state index in [-0.39, 0.29) is 39.8 Å². The quantitative estimate of drug-likeness (QED) is 0.134. The minimum absolute atomic E-state index is 0.